The first-order chi connectivity index (χ1) is 6.93. The Hall–Kier alpha value is -0.620. The van der Waals surface area contributed by atoms with Crippen LogP contribution in [0.15, 0.2) is 0 Å². The van der Waals surface area contributed by atoms with Crippen LogP contribution in [0.3, 0.4) is 0 Å². The third-order valence-corrected chi connectivity index (χ3v) is 4.32. The monoisotopic (exact) mass is 235 g/mol. The van der Waals surface area contributed by atoms with Crippen molar-refractivity contribution in [3.63, 3.8) is 0 Å². The van der Waals surface area contributed by atoms with Gasteiger partial charge >= 0.3 is 0 Å². The smallest absolute Gasteiger partial charge is 0.220 e. The summed E-state index contributed by atoms with van der Waals surface area (Å²) in [7, 11) is -2.90. The van der Waals surface area contributed by atoms with E-state index in [0.29, 0.717) is 6.42 Å². The van der Waals surface area contributed by atoms with Crippen LogP contribution >= 0.6 is 0 Å². The van der Waals surface area contributed by atoms with Gasteiger partial charge < -0.3 is 10.4 Å². The third-order valence-electron chi connectivity index (χ3n) is 2.48. The van der Waals surface area contributed by atoms with Gasteiger partial charge in [0, 0.05) is 12.5 Å². The van der Waals surface area contributed by atoms with Gasteiger partial charge in [-0.1, -0.05) is 0 Å². The predicted octanol–water partition coefficient (Wildman–Crippen LogP) is -0.692. The maximum atomic E-state index is 11.4. The number of rotatable bonds is 4. The van der Waals surface area contributed by atoms with Gasteiger partial charge in [-0.3, -0.25) is 4.79 Å². The number of aliphatic hydroxyl groups excluding tert-OH is 1. The molecule has 0 aliphatic carbocycles. The summed E-state index contributed by atoms with van der Waals surface area (Å²) >= 11 is 0. The van der Waals surface area contributed by atoms with Crippen molar-refractivity contribution in [2.45, 2.75) is 25.8 Å². The van der Waals surface area contributed by atoms with Crippen LogP contribution in [0, 0.1) is 5.92 Å². The SMILES string of the molecule is C[C@H](CO)NC(=O)CC1CCS(=O)(=O)C1. The predicted molar refractivity (Wildman–Crippen MR) is 56.1 cm³/mol. The van der Waals surface area contributed by atoms with E-state index in [1.807, 2.05) is 0 Å². The lowest BCUT2D eigenvalue weighted by Gasteiger charge is -2.12. The summed E-state index contributed by atoms with van der Waals surface area (Å²) < 4.78 is 22.3. The van der Waals surface area contributed by atoms with Crippen molar-refractivity contribution in [1.82, 2.24) is 5.32 Å². The highest BCUT2D eigenvalue weighted by atomic mass is 32.2. The topological polar surface area (TPSA) is 83.5 Å². The summed E-state index contributed by atoms with van der Waals surface area (Å²) in [6.45, 7) is 1.60. The summed E-state index contributed by atoms with van der Waals surface area (Å²) in [4.78, 5) is 11.4. The fourth-order valence-electron chi connectivity index (χ4n) is 1.67. The Morgan fingerprint density at radius 2 is 2.27 bits per heavy atom. The molecule has 1 aliphatic heterocycles. The molecule has 0 aromatic heterocycles. The molecule has 2 N–H and O–H groups in total. The van der Waals surface area contributed by atoms with Crippen LogP contribution in [-0.4, -0.2) is 43.6 Å². The second kappa shape index (κ2) is 4.94. The quantitative estimate of drug-likeness (QED) is 0.675. The van der Waals surface area contributed by atoms with E-state index in [2.05, 4.69) is 5.32 Å². The maximum absolute atomic E-state index is 11.4. The molecule has 5 nitrogen and oxygen atoms in total. The van der Waals surface area contributed by atoms with Gasteiger partial charge in [-0.2, -0.15) is 0 Å². The Labute approximate surface area is 89.8 Å². The molecule has 0 bridgehead atoms. The largest absolute Gasteiger partial charge is 0.394 e. The van der Waals surface area contributed by atoms with Crippen molar-refractivity contribution in [3.8, 4) is 0 Å². The second-order valence-electron chi connectivity index (χ2n) is 4.12. The molecule has 1 unspecified atom stereocenters. The fraction of sp³-hybridized carbons (Fsp3) is 0.889. The van der Waals surface area contributed by atoms with E-state index < -0.39 is 9.84 Å². The van der Waals surface area contributed by atoms with Crippen LogP contribution in [0.5, 0.6) is 0 Å². The van der Waals surface area contributed by atoms with Crippen LogP contribution < -0.4 is 5.32 Å². The molecule has 1 aliphatic rings. The molecule has 0 aromatic carbocycles. The molecule has 6 heteroatoms. The van der Waals surface area contributed by atoms with Crippen LogP contribution in [0.2, 0.25) is 0 Å². The van der Waals surface area contributed by atoms with Crippen molar-refractivity contribution in [2.24, 2.45) is 5.92 Å². The zero-order valence-electron chi connectivity index (χ0n) is 8.77. The van der Waals surface area contributed by atoms with Gasteiger partial charge in [-0.05, 0) is 19.3 Å². The van der Waals surface area contributed by atoms with Crippen LogP contribution in [0.1, 0.15) is 19.8 Å². The number of amides is 1. The van der Waals surface area contributed by atoms with Crippen LogP contribution in [-0.2, 0) is 14.6 Å². The maximum Gasteiger partial charge on any atom is 0.220 e. The molecule has 1 heterocycles. The lowest BCUT2D eigenvalue weighted by Crippen LogP contribution is -2.36. The van der Waals surface area contributed by atoms with E-state index in [9.17, 15) is 13.2 Å². The van der Waals surface area contributed by atoms with Crippen LogP contribution in [0.4, 0.5) is 0 Å². The molecular formula is C9H17NO4S. The molecule has 0 aromatic rings. The number of hydrogen-bond acceptors (Lipinski definition) is 4. The number of carbonyl (C=O) groups is 1. The molecule has 1 fully saturated rings. The Balaban J connectivity index is 2.34. The minimum Gasteiger partial charge on any atom is -0.394 e. The lowest BCUT2D eigenvalue weighted by atomic mass is 10.0. The highest BCUT2D eigenvalue weighted by molar-refractivity contribution is 7.91. The van der Waals surface area contributed by atoms with E-state index >= 15 is 0 Å². The van der Waals surface area contributed by atoms with E-state index in [4.69, 9.17) is 5.11 Å². The average Bonchev–Trinajstić information content (AvgIpc) is 2.44. The Morgan fingerprint density at radius 3 is 2.73 bits per heavy atom. The van der Waals surface area contributed by atoms with Gasteiger partial charge in [0.2, 0.25) is 5.91 Å². The molecule has 15 heavy (non-hydrogen) atoms. The van der Waals surface area contributed by atoms with Crippen molar-refractivity contribution >= 4 is 15.7 Å². The molecule has 0 saturated carbocycles. The van der Waals surface area contributed by atoms with Crippen molar-refractivity contribution in [3.05, 3.63) is 0 Å². The molecule has 88 valence electrons. The lowest BCUT2D eigenvalue weighted by molar-refractivity contribution is -0.122. The van der Waals surface area contributed by atoms with Gasteiger partial charge in [-0.15, -0.1) is 0 Å². The first-order valence-electron chi connectivity index (χ1n) is 5.03. The summed E-state index contributed by atoms with van der Waals surface area (Å²) in [5.74, 6) is 0.0774. The fourth-order valence-corrected chi connectivity index (χ4v) is 3.54. The zero-order valence-corrected chi connectivity index (χ0v) is 9.59. The van der Waals surface area contributed by atoms with Gasteiger partial charge in [0.05, 0.1) is 18.1 Å². The molecule has 1 amide bonds. The first-order valence-corrected chi connectivity index (χ1v) is 6.85. The van der Waals surface area contributed by atoms with Gasteiger partial charge in [0.15, 0.2) is 9.84 Å². The molecule has 1 rings (SSSR count). The minimum atomic E-state index is -2.90. The zero-order chi connectivity index (χ0) is 11.5. The molecule has 2 atom stereocenters. The molecular weight excluding hydrogens is 218 g/mol. The average molecular weight is 235 g/mol. The summed E-state index contributed by atoms with van der Waals surface area (Å²) in [5, 5.41) is 11.3. The summed E-state index contributed by atoms with van der Waals surface area (Å²) in [6.07, 6.45) is 0.812. The van der Waals surface area contributed by atoms with Crippen molar-refractivity contribution in [1.29, 1.82) is 0 Å². The Kier molecular flexibility index (Phi) is 4.10. The molecule has 1 saturated heterocycles. The highest BCUT2D eigenvalue weighted by Gasteiger charge is 2.29. The Bertz CT molecular complexity index is 325. The minimum absolute atomic E-state index is 0.0547. The van der Waals surface area contributed by atoms with E-state index in [0.717, 1.165) is 0 Å². The van der Waals surface area contributed by atoms with Crippen molar-refractivity contribution < 1.29 is 18.3 Å². The number of nitrogens with one attached hydrogen (secondary N) is 1. The molecule has 0 spiro atoms. The van der Waals surface area contributed by atoms with Crippen LogP contribution in [0.25, 0.3) is 0 Å². The van der Waals surface area contributed by atoms with E-state index in [1.54, 1.807) is 6.92 Å². The van der Waals surface area contributed by atoms with E-state index in [-0.39, 0.29) is 42.4 Å². The standard InChI is InChI=1S/C9H17NO4S/c1-7(5-11)10-9(12)4-8-2-3-15(13,14)6-8/h7-8,11H,2-6H2,1H3,(H,10,12)/t7-,8?/m1/s1. The summed E-state index contributed by atoms with van der Waals surface area (Å²) in [6, 6.07) is -0.268. The number of carbonyl (C=O) groups excluding carboxylic acids is 1. The first kappa shape index (κ1) is 12.4. The normalized spacial score (nSPS) is 26.1. The van der Waals surface area contributed by atoms with Gasteiger partial charge in [0.1, 0.15) is 0 Å². The number of sulfone groups is 1. The second-order valence-corrected chi connectivity index (χ2v) is 6.35. The number of hydrogen-bond donors (Lipinski definition) is 2. The van der Waals surface area contributed by atoms with Crippen molar-refractivity contribution in [2.75, 3.05) is 18.1 Å². The number of aliphatic hydroxyl groups is 1. The Morgan fingerprint density at radius 1 is 1.60 bits per heavy atom. The summed E-state index contributed by atoms with van der Waals surface area (Å²) in [5.41, 5.74) is 0. The van der Waals surface area contributed by atoms with E-state index in [1.165, 1.54) is 0 Å². The third kappa shape index (κ3) is 4.17. The highest BCUT2D eigenvalue weighted by Crippen LogP contribution is 2.21. The van der Waals surface area contributed by atoms with Gasteiger partial charge in [-0.25, -0.2) is 8.42 Å². The molecule has 0 radical (unpaired) electrons. The van der Waals surface area contributed by atoms with Gasteiger partial charge in [0.25, 0.3) is 0 Å².